The Labute approximate surface area is 95.1 Å². The number of rotatable bonds is 2. The smallest absolute Gasteiger partial charge is 0.356 e. The van der Waals surface area contributed by atoms with Crippen molar-refractivity contribution in [2.45, 2.75) is 45.4 Å². The predicted octanol–water partition coefficient (Wildman–Crippen LogP) is 2.74. The maximum atomic E-state index is 11.1. The molecule has 2 atom stereocenters. The summed E-state index contributed by atoms with van der Waals surface area (Å²) in [5.41, 5.74) is 2.19. The third-order valence-corrected chi connectivity index (χ3v) is 3.62. The van der Waals surface area contributed by atoms with Gasteiger partial charge in [0, 0.05) is 17.2 Å². The summed E-state index contributed by atoms with van der Waals surface area (Å²) >= 11 is 0. The number of carboxylic acid groups (broad SMARTS) is 1. The number of nitrogens with one attached hydrogen (secondary N) is 1. The molecule has 0 aliphatic heterocycles. The van der Waals surface area contributed by atoms with Crippen molar-refractivity contribution >= 4 is 5.97 Å². The van der Waals surface area contributed by atoms with Crippen LogP contribution in [0.15, 0.2) is 0 Å². The third kappa shape index (κ3) is 1.62. The average molecular weight is 222 g/mol. The molecule has 0 saturated carbocycles. The van der Waals surface area contributed by atoms with E-state index < -0.39 is 5.97 Å². The van der Waals surface area contributed by atoms with Gasteiger partial charge in [0.1, 0.15) is 0 Å². The molecule has 4 nitrogen and oxygen atoms in total. The maximum Gasteiger partial charge on any atom is 0.356 e. The van der Waals surface area contributed by atoms with Crippen LogP contribution in [0.25, 0.3) is 0 Å². The molecule has 1 aliphatic rings. The van der Waals surface area contributed by atoms with E-state index in [1.165, 1.54) is 0 Å². The first-order chi connectivity index (χ1) is 7.52. The van der Waals surface area contributed by atoms with Crippen LogP contribution < -0.4 is 0 Å². The van der Waals surface area contributed by atoms with Gasteiger partial charge in [0.15, 0.2) is 5.69 Å². The van der Waals surface area contributed by atoms with Crippen molar-refractivity contribution in [3.05, 3.63) is 17.0 Å². The highest BCUT2D eigenvalue weighted by atomic mass is 16.4. The van der Waals surface area contributed by atoms with E-state index in [4.69, 9.17) is 5.11 Å². The fourth-order valence-electron chi connectivity index (χ4n) is 2.69. The van der Waals surface area contributed by atoms with E-state index in [2.05, 4.69) is 31.0 Å². The molecule has 0 bridgehead atoms. The summed E-state index contributed by atoms with van der Waals surface area (Å²) in [6.45, 7) is 6.43. The number of carboxylic acids is 1. The number of hydrogen-bond acceptors (Lipinski definition) is 2. The van der Waals surface area contributed by atoms with E-state index in [9.17, 15) is 4.79 Å². The zero-order valence-electron chi connectivity index (χ0n) is 9.95. The minimum absolute atomic E-state index is 0.216. The summed E-state index contributed by atoms with van der Waals surface area (Å²) in [5, 5.41) is 16.0. The second-order valence-electron chi connectivity index (χ2n) is 5.03. The Bertz CT molecular complexity index is 409. The van der Waals surface area contributed by atoms with Crippen molar-refractivity contribution < 1.29 is 9.90 Å². The molecule has 0 aromatic carbocycles. The normalized spacial score (nSPS) is 24.5. The van der Waals surface area contributed by atoms with Gasteiger partial charge in [-0.05, 0) is 24.7 Å². The molecule has 1 aromatic rings. The third-order valence-electron chi connectivity index (χ3n) is 3.62. The number of nitrogens with zero attached hydrogens (tertiary/aromatic N) is 1. The number of hydrogen-bond donors (Lipinski definition) is 2. The molecule has 0 radical (unpaired) electrons. The Kier molecular flexibility index (Phi) is 2.74. The highest BCUT2D eigenvalue weighted by Crippen LogP contribution is 2.42. The lowest BCUT2D eigenvalue weighted by Gasteiger charge is -2.29. The van der Waals surface area contributed by atoms with Crippen molar-refractivity contribution in [1.82, 2.24) is 10.2 Å². The van der Waals surface area contributed by atoms with E-state index in [1.807, 2.05) is 0 Å². The second-order valence-corrected chi connectivity index (χ2v) is 5.03. The van der Waals surface area contributed by atoms with Crippen molar-refractivity contribution in [3.8, 4) is 0 Å². The van der Waals surface area contributed by atoms with E-state index in [0.29, 0.717) is 17.8 Å². The second kappa shape index (κ2) is 3.92. The number of fused-ring (bicyclic) bond motifs is 1. The minimum atomic E-state index is -0.922. The lowest BCUT2D eigenvalue weighted by molar-refractivity contribution is 0.0688. The van der Waals surface area contributed by atoms with Crippen LogP contribution in [0.2, 0.25) is 0 Å². The number of aromatic carboxylic acids is 1. The van der Waals surface area contributed by atoms with Crippen LogP contribution in [-0.4, -0.2) is 21.3 Å². The van der Waals surface area contributed by atoms with Gasteiger partial charge in [-0.15, -0.1) is 0 Å². The van der Waals surface area contributed by atoms with Crippen molar-refractivity contribution in [2.75, 3.05) is 0 Å². The largest absolute Gasteiger partial charge is 0.476 e. The fourth-order valence-corrected chi connectivity index (χ4v) is 2.69. The van der Waals surface area contributed by atoms with Gasteiger partial charge in [0.25, 0.3) is 0 Å². The molecule has 1 aromatic heterocycles. The monoisotopic (exact) mass is 222 g/mol. The van der Waals surface area contributed by atoms with Crippen molar-refractivity contribution in [2.24, 2.45) is 5.92 Å². The van der Waals surface area contributed by atoms with Crippen LogP contribution >= 0.6 is 0 Å². The molecule has 0 spiro atoms. The maximum absolute atomic E-state index is 11.1. The van der Waals surface area contributed by atoms with E-state index >= 15 is 0 Å². The van der Waals surface area contributed by atoms with Crippen LogP contribution in [0.1, 0.15) is 67.2 Å². The zero-order valence-corrected chi connectivity index (χ0v) is 9.95. The standard InChI is InChI=1S/C12H18N2O2/c1-6(2)8-5-4-7(3)9-10(8)13-14-11(9)12(15)16/h6-8H,4-5H2,1-3H3,(H,13,14)(H,15,16)/t7-,8+/m1/s1. The molecule has 2 N–H and O–H groups in total. The van der Waals surface area contributed by atoms with Gasteiger partial charge >= 0.3 is 5.97 Å². The molecule has 88 valence electrons. The summed E-state index contributed by atoms with van der Waals surface area (Å²) in [7, 11) is 0. The molecule has 16 heavy (non-hydrogen) atoms. The highest BCUT2D eigenvalue weighted by molar-refractivity contribution is 5.87. The predicted molar refractivity (Wildman–Crippen MR) is 60.8 cm³/mol. The Morgan fingerprint density at radius 1 is 1.50 bits per heavy atom. The Morgan fingerprint density at radius 2 is 2.19 bits per heavy atom. The first-order valence-corrected chi connectivity index (χ1v) is 5.83. The number of carbonyl (C=O) groups is 1. The van der Waals surface area contributed by atoms with Gasteiger partial charge in [-0.3, -0.25) is 5.10 Å². The van der Waals surface area contributed by atoms with Crippen LogP contribution in [-0.2, 0) is 0 Å². The molecule has 2 rings (SSSR count). The van der Waals surface area contributed by atoms with Crippen molar-refractivity contribution in [3.63, 3.8) is 0 Å². The van der Waals surface area contributed by atoms with Gasteiger partial charge in [-0.2, -0.15) is 5.10 Å². The summed E-state index contributed by atoms with van der Waals surface area (Å²) in [5.74, 6) is 0.323. The van der Waals surface area contributed by atoms with Gasteiger partial charge < -0.3 is 5.11 Å². The Balaban J connectivity index is 2.49. The van der Waals surface area contributed by atoms with E-state index in [0.717, 1.165) is 24.1 Å². The van der Waals surface area contributed by atoms with Crippen LogP contribution in [0.5, 0.6) is 0 Å². The molecule has 4 heteroatoms. The first kappa shape index (κ1) is 11.2. The summed E-state index contributed by atoms with van der Waals surface area (Å²) in [4.78, 5) is 11.1. The van der Waals surface area contributed by atoms with E-state index in [1.54, 1.807) is 0 Å². The van der Waals surface area contributed by atoms with Gasteiger partial charge in [-0.25, -0.2) is 4.79 Å². The number of aromatic nitrogens is 2. The topological polar surface area (TPSA) is 66.0 Å². The van der Waals surface area contributed by atoms with Crippen molar-refractivity contribution in [1.29, 1.82) is 0 Å². The summed E-state index contributed by atoms with van der Waals surface area (Å²) in [6.07, 6.45) is 2.17. The Hall–Kier alpha value is -1.32. The van der Waals surface area contributed by atoms with Gasteiger partial charge in [0.2, 0.25) is 0 Å². The van der Waals surface area contributed by atoms with Crippen LogP contribution in [0.3, 0.4) is 0 Å². The number of aromatic amines is 1. The minimum Gasteiger partial charge on any atom is -0.476 e. The molecular formula is C12H18N2O2. The molecule has 1 heterocycles. The lowest BCUT2D eigenvalue weighted by Crippen LogP contribution is -2.18. The molecule has 0 fully saturated rings. The zero-order chi connectivity index (χ0) is 11.9. The molecule has 0 saturated heterocycles. The summed E-state index contributed by atoms with van der Waals surface area (Å²) < 4.78 is 0. The fraction of sp³-hybridized carbons (Fsp3) is 0.667. The number of H-pyrrole nitrogens is 1. The van der Waals surface area contributed by atoms with Gasteiger partial charge in [0.05, 0.1) is 0 Å². The lowest BCUT2D eigenvalue weighted by atomic mass is 9.76. The van der Waals surface area contributed by atoms with Gasteiger partial charge in [-0.1, -0.05) is 20.8 Å². The summed E-state index contributed by atoms with van der Waals surface area (Å²) in [6, 6.07) is 0. The van der Waals surface area contributed by atoms with E-state index in [-0.39, 0.29) is 5.69 Å². The van der Waals surface area contributed by atoms with Crippen LogP contribution in [0, 0.1) is 5.92 Å². The Morgan fingerprint density at radius 3 is 2.75 bits per heavy atom. The first-order valence-electron chi connectivity index (χ1n) is 5.83. The highest BCUT2D eigenvalue weighted by Gasteiger charge is 2.33. The SMILES string of the molecule is CC(C)[C@@H]1CC[C@@H](C)c2c(C(=O)O)n[nH]c21. The quantitative estimate of drug-likeness (QED) is 0.808. The molecule has 0 amide bonds. The molecule has 1 aliphatic carbocycles. The average Bonchev–Trinajstić information content (AvgIpc) is 2.62. The molecule has 0 unspecified atom stereocenters. The molecular weight excluding hydrogens is 204 g/mol. The van der Waals surface area contributed by atoms with Crippen LogP contribution in [0.4, 0.5) is 0 Å².